The van der Waals surface area contributed by atoms with Crippen LogP contribution in [-0.4, -0.2) is 13.7 Å². The number of hydrogen-bond donors (Lipinski definition) is 0. The van der Waals surface area contributed by atoms with Gasteiger partial charge in [0.25, 0.3) is 0 Å². The largest absolute Gasteiger partial charge is 0.309 e. The molecule has 0 fully saturated rings. The van der Waals surface area contributed by atoms with Crippen LogP contribution in [0.2, 0.25) is 0 Å². The van der Waals surface area contributed by atoms with Crippen LogP contribution in [0.1, 0.15) is 0 Å². The predicted octanol–water partition coefficient (Wildman–Crippen LogP) is 16.7. The van der Waals surface area contributed by atoms with E-state index < -0.39 is 0 Å². The van der Waals surface area contributed by atoms with Crippen LogP contribution in [0.5, 0.6) is 0 Å². The van der Waals surface area contributed by atoms with Crippen molar-refractivity contribution >= 4 is 96.9 Å². The Morgan fingerprint density at radius 1 is 0.250 bits per heavy atom. The molecule has 0 aliphatic rings. The van der Waals surface area contributed by atoms with Gasteiger partial charge in [0, 0.05) is 69.6 Å². The molecule has 0 aliphatic carbocycles. The van der Waals surface area contributed by atoms with Crippen LogP contribution in [0.4, 0.5) is 0 Å². The molecule has 0 atom stereocenters. The molecule has 298 valence electrons. The maximum absolute atomic E-state index is 2.45. The van der Waals surface area contributed by atoms with E-state index in [0.29, 0.717) is 0 Å². The quantitative estimate of drug-likeness (QED) is 0.164. The van der Waals surface area contributed by atoms with Gasteiger partial charge in [-0.15, -0.1) is 11.3 Å². The maximum atomic E-state index is 2.45. The molecule has 0 spiro atoms. The third-order valence-corrected chi connectivity index (χ3v) is 14.6. The normalized spacial score (nSPS) is 12.1. The Balaban J connectivity index is 0.887. The van der Waals surface area contributed by atoms with Crippen LogP contribution in [-0.2, 0) is 0 Å². The van der Waals surface area contributed by atoms with Gasteiger partial charge in [-0.2, -0.15) is 0 Å². The van der Waals surface area contributed by atoms with Gasteiger partial charge < -0.3 is 13.7 Å². The summed E-state index contributed by atoms with van der Waals surface area (Å²) in [5.41, 5.74) is 15.6. The molecule has 64 heavy (non-hydrogen) atoms. The lowest BCUT2D eigenvalue weighted by atomic mass is 9.99. The van der Waals surface area contributed by atoms with Gasteiger partial charge in [-0.25, -0.2) is 0 Å². The molecule has 0 radical (unpaired) electrons. The van der Waals surface area contributed by atoms with E-state index in [1.807, 2.05) is 11.3 Å². The highest BCUT2D eigenvalue weighted by atomic mass is 32.1. The van der Waals surface area contributed by atoms with Crippen molar-refractivity contribution in [2.75, 3.05) is 0 Å². The average molecular weight is 832 g/mol. The summed E-state index contributed by atoms with van der Waals surface area (Å²) < 4.78 is 9.86. The number of hydrogen-bond acceptors (Lipinski definition) is 1. The van der Waals surface area contributed by atoms with Crippen molar-refractivity contribution < 1.29 is 0 Å². The van der Waals surface area contributed by atoms with Gasteiger partial charge in [-0.3, -0.25) is 0 Å². The Hall–Kier alpha value is -8.18. The van der Waals surface area contributed by atoms with Gasteiger partial charge in [-0.1, -0.05) is 127 Å². The van der Waals surface area contributed by atoms with E-state index in [9.17, 15) is 0 Å². The molecule has 14 rings (SSSR count). The van der Waals surface area contributed by atoms with Crippen molar-refractivity contribution in [3.63, 3.8) is 0 Å². The summed E-state index contributed by atoms with van der Waals surface area (Å²) in [5, 5.41) is 10.2. The number of para-hydroxylation sites is 4. The molecule has 0 bridgehead atoms. The van der Waals surface area contributed by atoms with E-state index in [0.717, 1.165) is 11.4 Å². The fraction of sp³-hybridized carbons (Fsp3) is 0. The zero-order chi connectivity index (χ0) is 41.9. The lowest BCUT2D eigenvalue weighted by molar-refractivity contribution is 1.14. The lowest BCUT2D eigenvalue weighted by Gasteiger charge is -2.12. The van der Waals surface area contributed by atoms with Gasteiger partial charge in [0.15, 0.2) is 0 Å². The summed E-state index contributed by atoms with van der Waals surface area (Å²) >= 11 is 1.87. The molecule has 3 nitrogen and oxygen atoms in total. The van der Waals surface area contributed by atoms with Crippen LogP contribution in [0.3, 0.4) is 0 Å². The van der Waals surface area contributed by atoms with E-state index in [-0.39, 0.29) is 0 Å². The van der Waals surface area contributed by atoms with Crippen molar-refractivity contribution in [2.24, 2.45) is 0 Å². The third kappa shape index (κ3) is 5.15. The number of benzene rings is 10. The summed E-state index contributed by atoms with van der Waals surface area (Å²) in [6.07, 6.45) is 0. The second kappa shape index (κ2) is 13.7. The smallest absolute Gasteiger partial charge is 0.0541 e. The second-order valence-corrected chi connectivity index (χ2v) is 18.0. The van der Waals surface area contributed by atoms with E-state index >= 15 is 0 Å². The minimum absolute atomic E-state index is 1.14. The van der Waals surface area contributed by atoms with Crippen molar-refractivity contribution in [3.8, 4) is 39.3 Å². The number of aromatic nitrogens is 3. The topological polar surface area (TPSA) is 14.8 Å². The summed E-state index contributed by atoms with van der Waals surface area (Å²) in [6.45, 7) is 0. The molecular formula is C60H37N3S. The first-order chi connectivity index (χ1) is 31.7. The lowest BCUT2D eigenvalue weighted by Crippen LogP contribution is -1.97. The Morgan fingerprint density at radius 3 is 1.22 bits per heavy atom. The number of thiophene rings is 1. The predicted molar refractivity (Wildman–Crippen MR) is 273 cm³/mol. The first-order valence-electron chi connectivity index (χ1n) is 21.9. The second-order valence-electron chi connectivity index (χ2n) is 16.9. The highest BCUT2D eigenvalue weighted by Crippen LogP contribution is 2.43. The van der Waals surface area contributed by atoms with Crippen LogP contribution >= 0.6 is 11.3 Å². The first kappa shape index (κ1) is 35.4. The third-order valence-electron chi connectivity index (χ3n) is 13.4. The summed E-state index contributed by atoms with van der Waals surface area (Å²) in [6, 6.07) is 82.6. The standard InChI is InChI=1S/C60H37N3S/c1-2-13-38(14-3-1)44-19-12-24-59-60(44)51-37-43(31-34-58(51)64-59)63-55-23-11-7-18-48(55)50-36-40(26-33-57(50)63)39-25-32-56-49(35-39)47-17-6-10-22-54(47)62(56)42-29-27-41(28-30-42)61-52-20-8-4-15-45(52)46-16-5-9-21-53(46)61/h1-37H. The van der Waals surface area contributed by atoms with Crippen molar-refractivity contribution in [1.29, 1.82) is 0 Å². The van der Waals surface area contributed by atoms with Crippen LogP contribution in [0.15, 0.2) is 224 Å². The van der Waals surface area contributed by atoms with E-state index in [4.69, 9.17) is 0 Å². The number of nitrogens with zero attached hydrogens (tertiary/aromatic N) is 3. The summed E-state index contributed by atoms with van der Waals surface area (Å²) in [7, 11) is 0. The Morgan fingerprint density at radius 2 is 0.688 bits per heavy atom. The van der Waals surface area contributed by atoms with E-state index in [1.165, 1.54) is 114 Å². The monoisotopic (exact) mass is 831 g/mol. The van der Waals surface area contributed by atoms with Gasteiger partial charge in [0.05, 0.1) is 33.1 Å². The summed E-state index contributed by atoms with van der Waals surface area (Å²) in [4.78, 5) is 0. The fourth-order valence-electron chi connectivity index (χ4n) is 10.6. The van der Waals surface area contributed by atoms with Gasteiger partial charge in [0.1, 0.15) is 0 Å². The summed E-state index contributed by atoms with van der Waals surface area (Å²) in [5.74, 6) is 0. The fourth-order valence-corrected chi connectivity index (χ4v) is 11.7. The highest BCUT2D eigenvalue weighted by molar-refractivity contribution is 7.26. The zero-order valence-corrected chi connectivity index (χ0v) is 35.4. The van der Waals surface area contributed by atoms with Crippen molar-refractivity contribution in [3.05, 3.63) is 224 Å². The Kier molecular flexibility index (Phi) is 7.56. The molecule has 4 heteroatoms. The molecule has 10 aromatic carbocycles. The highest BCUT2D eigenvalue weighted by Gasteiger charge is 2.19. The molecule has 0 saturated heterocycles. The van der Waals surface area contributed by atoms with E-state index in [1.54, 1.807) is 0 Å². The van der Waals surface area contributed by atoms with Crippen LogP contribution < -0.4 is 0 Å². The zero-order valence-electron chi connectivity index (χ0n) is 34.6. The van der Waals surface area contributed by atoms with Crippen LogP contribution in [0, 0.1) is 0 Å². The SMILES string of the molecule is c1ccc(-c2cccc3sc4ccc(-n5c6ccccc6c6cc(-c7ccc8c(c7)c7ccccc7n8-c7ccc(-n8c9ccccc9c9ccccc98)cc7)ccc65)cc4c23)cc1. The minimum atomic E-state index is 1.14. The Labute approximate surface area is 372 Å². The molecule has 0 unspecified atom stereocenters. The first-order valence-corrected chi connectivity index (χ1v) is 22.7. The minimum Gasteiger partial charge on any atom is -0.309 e. The van der Waals surface area contributed by atoms with Gasteiger partial charge in [0.2, 0.25) is 0 Å². The number of rotatable bonds is 5. The molecule has 0 amide bonds. The molecule has 0 saturated carbocycles. The van der Waals surface area contributed by atoms with Crippen molar-refractivity contribution in [1.82, 2.24) is 13.7 Å². The van der Waals surface area contributed by atoms with Gasteiger partial charge >= 0.3 is 0 Å². The van der Waals surface area contributed by atoms with E-state index in [2.05, 4.69) is 238 Å². The molecule has 0 aliphatic heterocycles. The van der Waals surface area contributed by atoms with Gasteiger partial charge in [-0.05, 0) is 119 Å². The van der Waals surface area contributed by atoms with Crippen LogP contribution in [0.25, 0.3) is 125 Å². The Bertz CT molecular complexity index is 4130. The molecule has 0 N–H and O–H groups in total. The average Bonchev–Trinajstić information content (AvgIpc) is 4.10. The molecule has 4 heterocycles. The molecular weight excluding hydrogens is 795 g/mol. The maximum Gasteiger partial charge on any atom is 0.0541 e. The molecule has 4 aromatic heterocycles. The molecule has 14 aromatic rings. The number of fused-ring (bicyclic) bond motifs is 12. The van der Waals surface area contributed by atoms with Crippen molar-refractivity contribution in [2.45, 2.75) is 0 Å².